The zero-order chi connectivity index (χ0) is 10.1. The summed E-state index contributed by atoms with van der Waals surface area (Å²) in [6.07, 6.45) is 5.10. The Bertz CT molecular complexity index is 256. The number of hydrogen-bond donors (Lipinski definition) is 0. The molecule has 0 aliphatic heterocycles. The summed E-state index contributed by atoms with van der Waals surface area (Å²) >= 11 is 0. The van der Waals surface area contributed by atoms with Crippen molar-refractivity contribution >= 4 is 0 Å². The molecule has 0 rings (SSSR count). The van der Waals surface area contributed by atoms with Crippen molar-refractivity contribution in [1.82, 2.24) is 4.90 Å². The topological polar surface area (TPSA) is 50.8 Å². The number of allylic oxidation sites excluding steroid dienone is 3. The molecule has 0 radical (unpaired) electrons. The maximum absolute atomic E-state index is 8.42. The van der Waals surface area contributed by atoms with E-state index in [1.807, 2.05) is 20.0 Å². The standard InChI is InChI=1S/C10H13N3/c1-3-13(4-2)7-5-6-10(8-11)9-12/h5-7H,3-4H2,1-2H3. The lowest BCUT2D eigenvalue weighted by atomic mass is 10.3. The van der Waals surface area contributed by atoms with Gasteiger partial charge in [-0.05, 0) is 32.2 Å². The molecule has 0 aliphatic rings. The van der Waals surface area contributed by atoms with Crippen LogP contribution < -0.4 is 0 Å². The first-order valence-corrected chi connectivity index (χ1v) is 4.21. The minimum Gasteiger partial charge on any atom is -0.378 e. The molecule has 0 fully saturated rings. The molecule has 0 aromatic rings. The normalized spacial score (nSPS) is 8.92. The second-order valence-corrected chi connectivity index (χ2v) is 2.37. The molecular weight excluding hydrogens is 162 g/mol. The molecule has 3 heteroatoms. The summed E-state index contributed by atoms with van der Waals surface area (Å²) in [6.45, 7) is 5.95. The predicted molar refractivity (Wildman–Crippen MR) is 51.4 cm³/mol. The van der Waals surface area contributed by atoms with Crippen LogP contribution in [-0.4, -0.2) is 18.0 Å². The van der Waals surface area contributed by atoms with Crippen LogP contribution in [-0.2, 0) is 0 Å². The molecule has 0 atom stereocenters. The monoisotopic (exact) mass is 175 g/mol. The summed E-state index contributed by atoms with van der Waals surface area (Å²) in [4.78, 5) is 2.07. The lowest BCUT2D eigenvalue weighted by molar-refractivity contribution is 0.419. The van der Waals surface area contributed by atoms with Crippen molar-refractivity contribution in [2.24, 2.45) is 0 Å². The fourth-order valence-electron chi connectivity index (χ4n) is 0.795. The second-order valence-electron chi connectivity index (χ2n) is 2.37. The van der Waals surface area contributed by atoms with E-state index >= 15 is 0 Å². The average molecular weight is 175 g/mol. The maximum atomic E-state index is 8.42. The second kappa shape index (κ2) is 6.94. The van der Waals surface area contributed by atoms with Crippen LogP contribution in [0.1, 0.15) is 13.8 Å². The number of nitrogens with zero attached hydrogens (tertiary/aromatic N) is 3. The van der Waals surface area contributed by atoms with Crippen LogP contribution in [0.15, 0.2) is 23.9 Å². The van der Waals surface area contributed by atoms with Gasteiger partial charge in [0.25, 0.3) is 0 Å². The van der Waals surface area contributed by atoms with Gasteiger partial charge in [0, 0.05) is 13.1 Å². The molecule has 68 valence electrons. The van der Waals surface area contributed by atoms with E-state index in [9.17, 15) is 0 Å². The largest absolute Gasteiger partial charge is 0.378 e. The molecule has 0 unspecified atom stereocenters. The van der Waals surface area contributed by atoms with Crippen LogP contribution in [0.5, 0.6) is 0 Å². The van der Waals surface area contributed by atoms with Crippen molar-refractivity contribution in [3.8, 4) is 12.1 Å². The highest BCUT2D eigenvalue weighted by Crippen LogP contribution is 1.92. The Morgan fingerprint density at radius 1 is 1.23 bits per heavy atom. The first-order valence-electron chi connectivity index (χ1n) is 4.21. The third kappa shape index (κ3) is 4.66. The third-order valence-electron chi connectivity index (χ3n) is 1.61. The lowest BCUT2D eigenvalue weighted by Crippen LogP contribution is -2.14. The Balaban J connectivity index is 4.22. The summed E-state index contributed by atoms with van der Waals surface area (Å²) in [6, 6.07) is 3.58. The lowest BCUT2D eigenvalue weighted by Gasteiger charge is -2.13. The van der Waals surface area contributed by atoms with E-state index in [0.29, 0.717) is 0 Å². The average Bonchev–Trinajstić information content (AvgIpc) is 2.19. The van der Waals surface area contributed by atoms with Gasteiger partial charge in [-0.25, -0.2) is 0 Å². The first-order chi connectivity index (χ1) is 6.28. The quantitative estimate of drug-likeness (QED) is 0.483. The van der Waals surface area contributed by atoms with E-state index in [2.05, 4.69) is 4.90 Å². The number of hydrogen-bond acceptors (Lipinski definition) is 3. The molecular formula is C10H13N3. The molecule has 0 aromatic carbocycles. The Labute approximate surface area is 79.2 Å². The molecule has 0 N–H and O–H groups in total. The van der Waals surface area contributed by atoms with Gasteiger partial charge in [0.1, 0.15) is 17.7 Å². The highest BCUT2D eigenvalue weighted by Gasteiger charge is 1.89. The highest BCUT2D eigenvalue weighted by molar-refractivity contribution is 5.37. The fourth-order valence-corrected chi connectivity index (χ4v) is 0.795. The van der Waals surface area contributed by atoms with Crippen molar-refractivity contribution in [3.63, 3.8) is 0 Å². The van der Waals surface area contributed by atoms with Crippen LogP contribution in [0.3, 0.4) is 0 Å². The van der Waals surface area contributed by atoms with Crippen LogP contribution in [0, 0.1) is 22.7 Å². The molecule has 0 aromatic heterocycles. The van der Waals surface area contributed by atoms with Gasteiger partial charge in [0.05, 0.1) is 0 Å². The van der Waals surface area contributed by atoms with Crippen molar-refractivity contribution in [2.45, 2.75) is 13.8 Å². The van der Waals surface area contributed by atoms with Gasteiger partial charge in [-0.2, -0.15) is 10.5 Å². The van der Waals surface area contributed by atoms with Gasteiger partial charge >= 0.3 is 0 Å². The van der Waals surface area contributed by atoms with Gasteiger partial charge in [-0.1, -0.05) is 0 Å². The van der Waals surface area contributed by atoms with Gasteiger partial charge in [0.15, 0.2) is 0 Å². The van der Waals surface area contributed by atoms with Gasteiger partial charge in [-0.3, -0.25) is 0 Å². The van der Waals surface area contributed by atoms with Gasteiger partial charge < -0.3 is 4.90 Å². The zero-order valence-corrected chi connectivity index (χ0v) is 7.99. The SMILES string of the molecule is CCN(C=CC=C(C#N)C#N)CC. The predicted octanol–water partition coefficient (Wildman–Crippen LogP) is 1.82. The van der Waals surface area contributed by atoms with E-state index in [4.69, 9.17) is 10.5 Å². The molecule has 0 saturated carbocycles. The minimum atomic E-state index is 0.128. The van der Waals surface area contributed by atoms with Gasteiger partial charge in [-0.15, -0.1) is 0 Å². The number of nitriles is 2. The van der Waals surface area contributed by atoms with Gasteiger partial charge in [0.2, 0.25) is 0 Å². The van der Waals surface area contributed by atoms with E-state index < -0.39 is 0 Å². The first kappa shape index (κ1) is 11.3. The Hall–Kier alpha value is -1.74. The highest BCUT2D eigenvalue weighted by atomic mass is 15.1. The Kier molecular flexibility index (Phi) is 6.01. The van der Waals surface area contributed by atoms with E-state index in [1.54, 1.807) is 18.2 Å². The minimum absolute atomic E-state index is 0.128. The molecule has 0 amide bonds. The third-order valence-corrected chi connectivity index (χ3v) is 1.61. The van der Waals surface area contributed by atoms with Crippen molar-refractivity contribution < 1.29 is 0 Å². The van der Waals surface area contributed by atoms with E-state index in [0.717, 1.165) is 13.1 Å². The fraction of sp³-hybridized carbons (Fsp3) is 0.400. The molecule has 0 heterocycles. The maximum Gasteiger partial charge on any atom is 0.129 e. The summed E-state index contributed by atoms with van der Waals surface area (Å²) in [7, 11) is 0. The van der Waals surface area contributed by atoms with Crippen LogP contribution >= 0.6 is 0 Å². The molecule has 0 aliphatic carbocycles. The molecule has 13 heavy (non-hydrogen) atoms. The molecule has 0 saturated heterocycles. The molecule has 0 bridgehead atoms. The van der Waals surface area contributed by atoms with E-state index in [-0.39, 0.29) is 5.57 Å². The summed E-state index contributed by atoms with van der Waals surface area (Å²) in [5.74, 6) is 0. The van der Waals surface area contributed by atoms with Crippen molar-refractivity contribution in [1.29, 1.82) is 10.5 Å². The van der Waals surface area contributed by atoms with E-state index in [1.165, 1.54) is 6.08 Å². The summed E-state index contributed by atoms with van der Waals surface area (Å²) in [5, 5.41) is 16.8. The van der Waals surface area contributed by atoms with Crippen LogP contribution in [0.25, 0.3) is 0 Å². The van der Waals surface area contributed by atoms with Crippen molar-refractivity contribution in [3.05, 3.63) is 23.9 Å². The number of rotatable bonds is 4. The Morgan fingerprint density at radius 2 is 1.77 bits per heavy atom. The van der Waals surface area contributed by atoms with Crippen LogP contribution in [0.2, 0.25) is 0 Å². The Morgan fingerprint density at radius 3 is 2.15 bits per heavy atom. The smallest absolute Gasteiger partial charge is 0.129 e. The summed E-state index contributed by atoms with van der Waals surface area (Å²) in [5.41, 5.74) is 0.128. The van der Waals surface area contributed by atoms with Crippen LogP contribution in [0.4, 0.5) is 0 Å². The molecule has 3 nitrogen and oxygen atoms in total. The van der Waals surface area contributed by atoms with Crippen molar-refractivity contribution in [2.75, 3.05) is 13.1 Å². The zero-order valence-electron chi connectivity index (χ0n) is 7.99. The molecule has 0 spiro atoms. The summed E-state index contributed by atoms with van der Waals surface area (Å²) < 4.78 is 0.